The van der Waals surface area contributed by atoms with Crippen molar-refractivity contribution in [2.45, 2.75) is 27.7 Å². The van der Waals surface area contributed by atoms with E-state index in [4.69, 9.17) is 11.6 Å². The Balaban J connectivity index is 2.82. The number of nitrogens with one attached hydrogen (secondary N) is 1. The summed E-state index contributed by atoms with van der Waals surface area (Å²) in [4.78, 5) is 0. The Morgan fingerprint density at radius 1 is 1.32 bits per heavy atom. The molecule has 3 heteroatoms. The normalized spacial score (nSPS) is 12.5. The van der Waals surface area contributed by atoms with Crippen LogP contribution >= 0.6 is 11.6 Å². The topological polar surface area (TPSA) is 12.0 Å². The number of rotatable bonds is 6. The van der Waals surface area contributed by atoms with E-state index >= 15 is 0 Å². The number of hydrogen-bond donors (Lipinski definition) is 1. The van der Waals surface area contributed by atoms with Gasteiger partial charge in [-0.3, -0.25) is 0 Å². The molecule has 0 unspecified atom stereocenters. The van der Waals surface area contributed by atoms with Crippen molar-refractivity contribution in [1.82, 2.24) is 5.32 Å². The van der Waals surface area contributed by atoms with Gasteiger partial charge in [-0.2, -0.15) is 0 Å². The molecular formula is C16H23ClFN. The molecule has 0 aliphatic rings. The van der Waals surface area contributed by atoms with E-state index in [9.17, 15) is 4.39 Å². The standard InChI is InChI=1S/C16H23ClFN/c1-11(2)9-19-10-14(12(3)4)7-13-5-6-15(18)8-16(13)17/h5-8,11-12,19H,9-10H2,1-4H3/b14-7-. The first-order valence-electron chi connectivity index (χ1n) is 6.76. The summed E-state index contributed by atoms with van der Waals surface area (Å²) >= 11 is 6.06. The van der Waals surface area contributed by atoms with Gasteiger partial charge in [0, 0.05) is 6.54 Å². The van der Waals surface area contributed by atoms with Gasteiger partial charge in [-0.25, -0.2) is 4.39 Å². The van der Waals surface area contributed by atoms with Crippen LogP contribution in [0.4, 0.5) is 4.39 Å². The summed E-state index contributed by atoms with van der Waals surface area (Å²) in [5, 5.41) is 3.89. The summed E-state index contributed by atoms with van der Waals surface area (Å²) < 4.78 is 13.0. The monoisotopic (exact) mass is 283 g/mol. The Bertz CT molecular complexity index is 438. The number of halogens is 2. The molecule has 0 heterocycles. The molecule has 1 N–H and O–H groups in total. The first-order valence-corrected chi connectivity index (χ1v) is 7.14. The zero-order chi connectivity index (χ0) is 14.4. The second kappa shape index (κ2) is 7.66. The second-order valence-electron chi connectivity index (χ2n) is 5.56. The van der Waals surface area contributed by atoms with Crippen molar-refractivity contribution >= 4 is 17.7 Å². The minimum absolute atomic E-state index is 0.300. The quantitative estimate of drug-likeness (QED) is 0.793. The van der Waals surface area contributed by atoms with E-state index in [1.807, 2.05) is 0 Å². The van der Waals surface area contributed by atoms with Crippen LogP contribution < -0.4 is 5.32 Å². The van der Waals surface area contributed by atoms with Crippen LogP contribution in [0.3, 0.4) is 0 Å². The van der Waals surface area contributed by atoms with Crippen LogP contribution in [0.5, 0.6) is 0 Å². The molecule has 0 aliphatic carbocycles. The fourth-order valence-electron chi connectivity index (χ4n) is 1.75. The van der Waals surface area contributed by atoms with Crippen LogP contribution in [0.1, 0.15) is 33.3 Å². The maximum atomic E-state index is 13.0. The van der Waals surface area contributed by atoms with Crippen molar-refractivity contribution in [3.8, 4) is 0 Å². The van der Waals surface area contributed by atoms with Gasteiger partial charge in [0.25, 0.3) is 0 Å². The van der Waals surface area contributed by atoms with Crippen molar-refractivity contribution in [2.75, 3.05) is 13.1 Å². The Kier molecular flexibility index (Phi) is 6.53. The van der Waals surface area contributed by atoms with Gasteiger partial charge in [0.1, 0.15) is 5.82 Å². The summed E-state index contributed by atoms with van der Waals surface area (Å²) in [6.45, 7) is 10.5. The summed E-state index contributed by atoms with van der Waals surface area (Å²) in [5.74, 6) is 0.759. The molecule has 0 spiro atoms. The average Bonchev–Trinajstić information content (AvgIpc) is 2.30. The Hall–Kier alpha value is -0.860. The smallest absolute Gasteiger partial charge is 0.124 e. The highest BCUT2D eigenvalue weighted by Gasteiger charge is 2.06. The van der Waals surface area contributed by atoms with Crippen molar-refractivity contribution in [1.29, 1.82) is 0 Å². The zero-order valence-electron chi connectivity index (χ0n) is 12.1. The summed E-state index contributed by atoms with van der Waals surface area (Å²) in [7, 11) is 0. The lowest BCUT2D eigenvalue weighted by atomic mass is 10.00. The molecule has 0 bridgehead atoms. The molecule has 0 amide bonds. The van der Waals surface area contributed by atoms with Gasteiger partial charge >= 0.3 is 0 Å². The fourth-order valence-corrected chi connectivity index (χ4v) is 1.97. The maximum absolute atomic E-state index is 13.0. The first kappa shape index (κ1) is 16.2. The molecule has 0 fully saturated rings. The van der Waals surface area contributed by atoms with E-state index in [1.54, 1.807) is 6.07 Å². The SMILES string of the molecule is CC(C)CNC/C(=C/c1ccc(F)cc1Cl)C(C)C. The van der Waals surface area contributed by atoms with Gasteiger partial charge in [-0.15, -0.1) is 0 Å². The van der Waals surface area contributed by atoms with Crippen LogP contribution in [-0.4, -0.2) is 13.1 Å². The lowest BCUT2D eigenvalue weighted by Gasteiger charge is -2.14. The number of hydrogen-bond acceptors (Lipinski definition) is 1. The minimum atomic E-state index is -0.300. The molecule has 1 nitrogen and oxygen atoms in total. The van der Waals surface area contributed by atoms with Gasteiger partial charge in [-0.05, 0) is 36.1 Å². The van der Waals surface area contributed by atoms with Crippen molar-refractivity contribution in [3.05, 3.63) is 40.2 Å². The zero-order valence-corrected chi connectivity index (χ0v) is 12.9. The molecule has 1 aromatic carbocycles. The molecule has 0 saturated carbocycles. The molecule has 0 aliphatic heterocycles. The third-order valence-corrected chi connectivity index (χ3v) is 3.25. The molecule has 19 heavy (non-hydrogen) atoms. The van der Waals surface area contributed by atoms with Crippen LogP contribution in [0, 0.1) is 17.7 Å². The molecule has 1 aromatic rings. The lowest BCUT2D eigenvalue weighted by Crippen LogP contribution is -2.23. The highest BCUT2D eigenvalue weighted by molar-refractivity contribution is 6.32. The summed E-state index contributed by atoms with van der Waals surface area (Å²) in [5.41, 5.74) is 2.15. The van der Waals surface area contributed by atoms with Crippen LogP contribution in [0.15, 0.2) is 23.8 Å². The highest BCUT2D eigenvalue weighted by Crippen LogP contribution is 2.22. The molecule has 0 saturated heterocycles. The Labute approximate surface area is 120 Å². The second-order valence-corrected chi connectivity index (χ2v) is 5.97. The first-order chi connectivity index (χ1) is 8.90. The average molecular weight is 284 g/mol. The van der Waals surface area contributed by atoms with Gasteiger partial charge < -0.3 is 5.32 Å². The third-order valence-electron chi connectivity index (χ3n) is 2.93. The van der Waals surface area contributed by atoms with Gasteiger partial charge in [0.15, 0.2) is 0 Å². The van der Waals surface area contributed by atoms with E-state index < -0.39 is 0 Å². The molecule has 0 radical (unpaired) electrons. The third kappa shape index (κ3) is 5.75. The van der Waals surface area contributed by atoms with Crippen molar-refractivity contribution in [3.63, 3.8) is 0 Å². The van der Waals surface area contributed by atoms with E-state index in [-0.39, 0.29) is 5.82 Å². The summed E-state index contributed by atoms with van der Waals surface area (Å²) in [6, 6.07) is 4.52. The van der Waals surface area contributed by atoms with Crippen LogP contribution in [0.2, 0.25) is 5.02 Å². The molecule has 0 aromatic heterocycles. The van der Waals surface area contributed by atoms with E-state index in [1.165, 1.54) is 17.7 Å². The largest absolute Gasteiger partial charge is 0.313 e. The Morgan fingerprint density at radius 2 is 2.00 bits per heavy atom. The fraction of sp³-hybridized carbons (Fsp3) is 0.500. The molecule has 0 atom stereocenters. The van der Waals surface area contributed by atoms with E-state index in [0.717, 1.165) is 18.7 Å². The highest BCUT2D eigenvalue weighted by atomic mass is 35.5. The molecule has 106 valence electrons. The van der Waals surface area contributed by atoms with E-state index in [0.29, 0.717) is 16.9 Å². The van der Waals surface area contributed by atoms with E-state index in [2.05, 4.69) is 39.1 Å². The molecule has 1 rings (SSSR count). The van der Waals surface area contributed by atoms with Gasteiger partial charge in [-0.1, -0.05) is 57.0 Å². The number of benzene rings is 1. The van der Waals surface area contributed by atoms with Gasteiger partial charge in [0.2, 0.25) is 0 Å². The maximum Gasteiger partial charge on any atom is 0.124 e. The van der Waals surface area contributed by atoms with Crippen LogP contribution in [0.25, 0.3) is 6.08 Å². The molecular weight excluding hydrogens is 261 g/mol. The van der Waals surface area contributed by atoms with Gasteiger partial charge in [0.05, 0.1) is 5.02 Å². The predicted molar refractivity (Wildman–Crippen MR) is 81.9 cm³/mol. The van der Waals surface area contributed by atoms with Crippen molar-refractivity contribution in [2.24, 2.45) is 11.8 Å². The Morgan fingerprint density at radius 3 is 2.53 bits per heavy atom. The van der Waals surface area contributed by atoms with Crippen LogP contribution in [-0.2, 0) is 0 Å². The van der Waals surface area contributed by atoms with Crippen molar-refractivity contribution < 1.29 is 4.39 Å². The predicted octanol–water partition coefficient (Wildman–Crippen LogP) is 4.76. The minimum Gasteiger partial charge on any atom is -0.313 e. The summed E-state index contributed by atoms with van der Waals surface area (Å²) in [6.07, 6.45) is 2.06. The lowest BCUT2D eigenvalue weighted by molar-refractivity contribution is 0.558.